The maximum absolute atomic E-state index is 5.67. The lowest BCUT2D eigenvalue weighted by molar-refractivity contribution is 0.415. The molecule has 0 saturated heterocycles. The van der Waals surface area contributed by atoms with Gasteiger partial charge in [-0.25, -0.2) is 0 Å². The first-order valence-electron chi connectivity index (χ1n) is 10.5. The molecule has 1 unspecified atom stereocenters. The molecule has 30 heavy (non-hydrogen) atoms. The topological polar surface area (TPSA) is 9.23 Å². The third-order valence-electron chi connectivity index (χ3n) is 6.41. The van der Waals surface area contributed by atoms with E-state index in [1.807, 2.05) is 0 Å². The third-order valence-corrected chi connectivity index (χ3v) is 8.89. The summed E-state index contributed by atoms with van der Waals surface area (Å²) in [5, 5.41) is 4.09. The third kappa shape index (κ3) is 3.64. The summed E-state index contributed by atoms with van der Waals surface area (Å²) in [5.41, 5.74) is 7.15. The fraction of sp³-hybridized carbons (Fsp3) is 0.214. The van der Waals surface area contributed by atoms with Gasteiger partial charge >= 0.3 is 0 Å². The first-order valence-corrected chi connectivity index (χ1v) is 11.8. The van der Waals surface area contributed by atoms with Gasteiger partial charge in [0.1, 0.15) is 5.75 Å². The molecule has 0 aromatic heterocycles. The zero-order valence-electron chi connectivity index (χ0n) is 18.4. The fourth-order valence-corrected chi connectivity index (χ4v) is 6.92. The molecule has 0 aliphatic heterocycles. The van der Waals surface area contributed by atoms with Gasteiger partial charge < -0.3 is 4.74 Å². The van der Waals surface area contributed by atoms with Crippen molar-refractivity contribution in [3.63, 3.8) is 0 Å². The van der Waals surface area contributed by atoms with Crippen molar-refractivity contribution in [2.45, 2.75) is 27.7 Å². The van der Waals surface area contributed by atoms with Gasteiger partial charge in [-0.2, -0.15) is 0 Å². The Kier molecular flexibility index (Phi) is 5.93. The van der Waals surface area contributed by atoms with Gasteiger partial charge in [-0.1, -0.05) is 79.2 Å². The van der Waals surface area contributed by atoms with Crippen LogP contribution in [0.25, 0.3) is 5.57 Å². The molecule has 0 fully saturated rings. The first kappa shape index (κ1) is 20.6. The number of hydrogen-bond donors (Lipinski definition) is 0. The summed E-state index contributed by atoms with van der Waals surface area (Å²) in [6.07, 6.45) is 0. The van der Waals surface area contributed by atoms with Gasteiger partial charge in [-0.05, 0) is 79.0 Å². The van der Waals surface area contributed by atoms with Crippen molar-refractivity contribution in [2.75, 3.05) is 7.11 Å². The molecule has 0 saturated carbocycles. The van der Waals surface area contributed by atoms with E-state index in [4.69, 9.17) is 4.74 Å². The molecule has 1 aliphatic carbocycles. The maximum Gasteiger partial charge on any atom is 0.119 e. The molecular weight excluding hydrogens is 383 g/mol. The van der Waals surface area contributed by atoms with E-state index in [9.17, 15) is 0 Å². The van der Waals surface area contributed by atoms with Gasteiger partial charge in [0.25, 0.3) is 0 Å². The lowest BCUT2D eigenvalue weighted by Crippen LogP contribution is -2.24. The molecule has 0 N–H and O–H groups in total. The first-order chi connectivity index (χ1) is 14.5. The molecule has 4 rings (SSSR count). The normalized spacial score (nSPS) is 16.5. The molecule has 1 atom stereocenters. The second kappa shape index (κ2) is 8.62. The summed E-state index contributed by atoms with van der Waals surface area (Å²) in [5.74, 6) is 1.35. The highest BCUT2D eigenvalue weighted by atomic mass is 31.1. The van der Waals surface area contributed by atoms with Crippen LogP contribution < -0.4 is 20.7 Å². The van der Waals surface area contributed by atoms with Crippen LogP contribution in [0, 0.1) is 5.92 Å². The van der Waals surface area contributed by atoms with Gasteiger partial charge in [-0.15, -0.1) is 0 Å². The monoisotopic (exact) mass is 412 g/mol. The Morgan fingerprint density at radius 1 is 0.733 bits per heavy atom. The van der Waals surface area contributed by atoms with E-state index in [0.29, 0.717) is 5.92 Å². The molecule has 0 spiro atoms. The lowest BCUT2D eigenvalue weighted by Gasteiger charge is -2.25. The summed E-state index contributed by atoms with van der Waals surface area (Å²) in [6.45, 7) is 9.15. The minimum atomic E-state index is -0.704. The molecule has 1 nitrogen and oxygen atoms in total. The highest BCUT2D eigenvalue weighted by molar-refractivity contribution is 7.80. The Bertz CT molecular complexity index is 1070. The van der Waals surface area contributed by atoms with E-state index in [2.05, 4.69) is 107 Å². The quantitative estimate of drug-likeness (QED) is 0.453. The van der Waals surface area contributed by atoms with E-state index in [1.165, 1.54) is 43.8 Å². The predicted octanol–water partition coefficient (Wildman–Crippen LogP) is 6.21. The zero-order valence-corrected chi connectivity index (χ0v) is 19.3. The smallest absolute Gasteiger partial charge is 0.119 e. The van der Waals surface area contributed by atoms with E-state index in [0.717, 1.165) is 5.75 Å². The van der Waals surface area contributed by atoms with Gasteiger partial charge in [0.2, 0.25) is 0 Å². The van der Waals surface area contributed by atoms with E-state index in [-0.39, 0.29) is 0 Å². The van der Waals surface area contributed by atoms with Crippen LogP contribution >= 0.6 is 7.92 Å². The van der Waals surface area contributed by atoms with Gasteiger partial charge in [0.15, 0.2) is 0 Å². The van der Waals surface area contributed by atoms with Crippen molar-refractivity contribution in [3.8, 4) is 5.75 Å². The number of allylic oxidation sites excluding steroid dienone is 4. The molecule has 0 heterocycles. The Morgan fingerprint density at radius 3 is 1.77 bits per heavy atom. The van der Waals surface area contributed by atoms with Crippen LogP contribution in [0.1, 0.15) is 33.3 Å². The molecule has 152 valence electrons. The Balaban J connectivity index is 1.99. The van der Waals surface area contributed by atoms with E-state index in [1.54, 1.807) is 7.11 Å². The lowest BCUT2D eigenvalue weighted by atomic mass is 9.91. The minimum Gasteiger partial charge on any atom is -0.497 e. The van der Waals surface area contributed by atoms with Crippen molar-refractivity contribution < 1.29 is 4.74 Å². The van der Waals surface area contributed by atoms with Crippen LogP contribution in [0.15, 0.2) is 95.6 Å². The van der Waals surface area contributed by atoms with Crippen molar-refractivity contribution in [3.05, 3.63) is 101 Å². The Labute approximate surface area is 181 Å². The van der Waals surface area contributed by atoms with Crippen molar-refractivity contribution in [2.24, 2.45) is 5.92 Å². The highest BCUT2D eigenvalue weighted by Crippen LogP contribution is 2.45. The molecule has 3 aromatic carbocycles. The van der Waals surface area contributed by atoms with E-state index < -0.39 is 7.92 Å². The maximum atomic E-state index is 5.67. The summed E-state index contributed by atoms with van der Waals surface area (Å²) in [4.78, 5) is 0. The molecule has 0 amide bonds. The van der Waals surface area contributed by atoms with Crippen molar-refractivity contribution in [1.82, 2.24) is 0 Å². The second-order valence-corrected chi connectivity index (χ2v) is 10.1. The van der Waals surface area contributed by atoms with Crippen LogP contribution in [0.4, 0.5) is 0 Å². The summed E-state index contributed by atoms with van der Waals surface area (Å²) in [6, 6.07) is 28.5. The summed E-state index contributed by atoms with van der Waals surface area (Å²) < 4.78 is 5.67. The predicted molar refractivity (Wildman–Crippen MR) is 132 cm³/mol. The average Bonchev–Trinajstić information content (AvgIpc) is 2.98. The summed E-state index contributed by atoms with van der Waals surface area (Å²) in [7, 11) is 1.05. The molecule has 2 heteroatoms. The Hall–Kier alpha value is -2.63. The van der Waals surface area contributed by atoms with Crippen molar-refractivity contribution >= 4 is 29.4 Å². The van der Waals surface area contributed by atoms with Crippen LogP contribution in [0.5, 0.6) is 5.75 Å². The van der Waals surface area contributed by atoms with Crippen LogP contribution in [-0.4, -0.2) is 7.11 Å². The van der Waals surface area contributed by atoms with Crippen molar-refractivity contribution in [1.29, 1.82) is 0 Å². The number of rotatable bonds is 5. The highest BCUT2D eigenvalue weighted by Gasteiger charge is 2.29. The molecular formula is C28H29OP. The standard InChI is InChI=1S/C28H29OP/c1-19-20(2)22(4)28(21(19)3)26-17-16-23(29-5)18-27(26)30(24-12-8-6-9-13-24)25-14-10-7-11-15-25/h6-18,21H,1-5H3. The largest absolute Gasteiger partial charge is 0.497 e. The summed E-state index contributed by atoms with van der Waals surface area (Å²) >= 11 is 0. The Morgan fingerprint density at radius 2 is 1.30 bits per heavy atom. The average molecular weight is 413 g/mol. The molecule has 0 radical (unpaired) electrons. The number of hydrogen-bond acceptors (Lipinski definition) is 1. The van der Waals surface area contributed by atoms with Gasteiger partial charge in [0, 0.05) is 5.92 Å². The number of benzene rings is 3. The second-order valence-electron chi connectivity index (χ2n) is 7.96. The molecule has 0 bridgehead atoms. The number of methoxy groups -OCH3 is 1. The van der Waals surface area contributed by atoms with Gasteiger partial charge in [-0.3, -0.25) is 0 Å². The van der Waals surface area contributed by atoms with Crippen LogP contribution in [0.2, 0.25) is 0 Å². The van der Waals surface area contributed by atoms with Crippen LogP contribution in [0.3, 0.4) is 0 Å². The van der Waals surface area contributed by atoms with Crippen LogP contribution in [-0.2, 0) is 0 Å². The number of ether oxygens (including phenoxy) is 1. The minimum absolute atomic E-state index is 0.431. The molecule has 1 aliphatic rings. The molecule has 3 aromatic rings. The fourth-order valence-electron chi connectivity index (χ4n) is 4.43. The van der Waals surface area contributed by atoms with Gasteiger partial charge in [0.05, 0.1) is 7.11 Å². The van der Waals surface area contributed by atoms with E-state index >= 15 is 0 Å². The zero-order chi connectivity index (χ0) is 21.3. The SMILES string of the molecule is COc1ccc(C2=C(C)C(C)=C(C)C2C)c(P(c2ccccc2)c2ccccc2)c1.